The highest BCUT2D eigenvalue weighted by molar-refractivity contribution is 14.1. The van der Waals surface area contributed by atoms with Gasteiger partial charge in [-0.2, -0.15) is 0 Å². The summed E-state index contributed by atoms with van der Waals surface area (Å²) < 4.78 is 15.7. The summed E-state index contributed by atoms with van der Waals surface area (Å²) in [6.45, 7) is 0. The van der Waals surface area contributed by atoms with Crippen molar-refractivity contribution in [2.45, 2.75) is 5.41 Å². The van der Waals surface area contributed by atoms with Crippen LogP contribution in [0, 0.1) is 9.39 Å². The maximum absolute atomic E-state index is 14.5. The van der Waals surface area contributed by atoms with Gasteiger partial charge in [-0.3, -0.25) is 0 Å². The molecule has 0 aliphatic heterocycles. The molecular weight excluding hydrogens is 474 g/mol. The van der Waals surface area contributed by atoms with Gasteiger partial charge >= 0.3 is 0 Å². The maximum Gasteiger partial charge on any atom is 0.123 e. The first-order valence-electron chi connectivity index (χ1n) is 9.32. The summed E-state index contributed by atoms with van der Waals surface area (Å²) >= 11 is 2.33. The predicted octanol–water partition coefficient (Wildman–Crippen LogP) is 5.96. The van der Waals surface area contributed by atoms with Crippen LogP contribution in [0.3, 0.4) is 0 Å². The molecule has 0 bridgehead atoms. The van der Waals surface area contributed by atoms with Gasteiger partial charge in [-0.1, -0.05) is 36.4 Å². The second-order valence-electron chi connectivity index (χ2n) is 7.37. The molecule has 4 aromatic carbocycles. The molecule has 1 aliphatic carbocycles. The highest BCUT2D eigenvalue weighted by Gasteiger charge is 2.46. The first kappa shape index (κ1) is 18.2. The molecule has 0 heterocycles. The van der Waals surface area contributed by atoms with Gasteiger partial charge in [-0.05, 0) is 105 Å². The number of nitrogens with two attached hydrogens (primary N) is 2. The average molecular weight is 492 g/mol. The third kappa shape index (κ3) is 2.66. The smallest absolute Gasteiger partial charge is 0.123 e. The van der Waals surface area contributed by atoms with E-state index < -0.39 is 5.41 Å². The van der Waals surface area contributed by atoms with Gasteiger partial charge in [0.05, 0.1) is 5.41 Å². The summed E-state index contributed by atoms with van der Waals surface area (Å²) in [7, 11) is 0. The zero-order valence-electron chi connectivity index (χ0n) is 15.5. The molecule has 4 aromatic rings. The summed E-state index contributed by atoms with van der Waals surface area (Å²) in [5.74, 6) is -0.249. The highest BCUT2D eigenvalue weighted by Crippen LogP contribution is 2.56. The molecule has 1 aliphatic rings. The third-order valence-electron chi connectivity index (χ3n) is 5.75. The fourth-order valence-corrected chi connectivity index (χ4v) is 5.01. The lowest BCUT2D eigenvalue weighted by atomic mass is 9.67. The molecule has 0 saturated carbocycles. The van der Waals surface area contributed by atoms with Crippen LogP contribution in [0.2, 0.25) is 0 Å². The lowest BCUT2D eigenvalue weighted by Crippen LogP contribution is -2.28. The van der Waals surface area contributed by atoms with Gasteiger partial charge in [0.1, 0.15) is 5.82 Å². The van der Waals surface area contributed by atoms with E-state index in [1.807, 2.05) is 54.6 Å². The van der Waals surface area contributed by atoms with Crippen LogP contribution in [-0.2, 0) is 5.41 Å². The molecule has 4 N–H and O–H groups in total. The first-order chi connectivity index (χ1) is 14.0. The Kier molecular flexibility index (Phi) is 4.13. The predicted molar refractivity (Wildman–Crippen MR) is 125 cm³/mol. The Morgan fingerprint density at radius 1 is 0.621 bits per heavy atom. The molecule has 0 unspecified atom stereocenters. The van der Waals surface area contributed by atoms with Crippen molar-refractivity contribution < 1.29 is 4.39 Å². The summed E-state index contributed by atoms with van der Waals surface area (Å²) in [5, 5.41) is 0. The molecule has 29 heavy (non-hydrogen) atoms. The van der Waals surface area contributed by atoms with Crippen LogP contribution in [-0.4, -0.2) is 0 Å². The van der Waals surface area contributed by atoms with Gasteiger partial charge in [0.2, 0.25) is 0 Å². The molecule has 142 valence electrons. The second-order valence-corrected chi connectivity index (χ2v) is 8.62. The van der Waals surface area contributed by atoms with E-state index in [0.29, 0.717) is 11.4 Å². The highest BCUT2D eigenvalue weighted by atomic mass is 127. The van der Waals surface area contributed by atoms with E-state index in [2.05, 4.69) is 40.8 Å². The van der Waals surface area contributed by atoms with Crippen LogP contribution in [0.15, 0.2) is 84.9 Å². The number of anilines is 2. The fourth-order valence-electron chi connectivity index (χ4n) is 4.52. The number of halogens is 2. The van der Waals surface area contributed by atoms with Crippen molar-refractivity contribution in [3.63, 3.8) is 0 Å². The number of rotatable bonds is 2. The van der Waals surface area contributed by atoms with E-state index >= 15 is 0 Å². The van der Waals surface area contributed by atoms with Crippen molar-refractivity contribution in [2.75, 3.05) is 11.5 Å². The molecule has 0 aromatic heterocycles. The Hall–Kier alpha value is -2.86. The van der Waals surface area contributed by atoms with Crippen LogP contribution >= 0.6 is 22.6 Å². The Morgan fingerprint density at radius 2 is 1.10 bits per heavy atom. The van der Waals surface area contributed by atoms with Crippen molar-refractivity contribution in [1.29, 1.82) is 0 Å². The van der Waals surface area contributed by atoms with Crippen LogP contribution in [0.1, 0.15) is 22.3 Å². The standard InChI is InChI=1S/C25H18FIN2/c26-17-5-11-21-22-12-6-18(27)14-24(22)25(23(21)13-17,15-1-7-19(28)8-2-15)16-3-9-20(29)10-4-16/h1-14H,28-29H2. The molecule has 0 radical (unpaired) electrons. The lowest BCUT2D eigenvalue weighted by molar-refractivity contribution is 0.621. The Balaban J connectivity index is 1.97. The van der Waals surface area contributed by atoms with E-state index in [1.54, 1.807) is 6.07 Å². The topological polar surface area (TPSA) is 52.0 Å². The molecule has 0 fully saturated rings. The van der Waals surface area contributed by atoms with E-state index in [1.165, 1.54) is 6.07 Å². The van der Waals surface area contributed by atoms with Crippen molar-refractivity contribution >= 4 is 34.0 Å². The molecular formula is C25H18FIN2. The summed E-state index contributed by atoms with van der Waals surface area (Å²) in [6.07, 6.45) is 0. The van der Waals surface area contributed by atoms with Gasteiger partial charge in [0.15, 0.2) is 0 Å². The quantitative estimate of drug-likeness (QED) is 0.236. The van der Waals surface area contributed by atoms with Crippen LogP contribution in [0.4, 0.5) is 15.8 Å². The van der Waals surface area contributed by atoms with E-state index in [0.717, 1.165) is 37.0 Å². The molecule has 5 rings (SSSR count). The molecule has 0 saturated heterocycles. The Labute approximate surface area is 182 Å². The summed E-state index contributed by atoms with van der Waals surface area (Å²) in [5.41, 5.74) is 19.1. The minimum Gasteiger partial charge on any atom is -0.399 e. The van der Waals surface area contributed by atoms with E-state index in [4.69, 9.17) is 11.5 Å². The van der Waals surface area contributed by atoms with Gasteiger partial charge in [0, 0.05) is 14.9 Å². The van der Waals surface area contributed by atoms with Crippen LogP contribution < -0.4 is 11.5 Å². The van der Waals surface area contributed by atoms with E-state index in [9.17, 15) is 4.39 Å². The van der Waals surface area contributed by atoms with Crippen molar-refractivity contribution in [3.8, 4) is 11.1 Å². The zero-order valence-corrected chi connectivity index (χ0v) is 17.7. The third-order valence-corrected chi connectivity index (χ3v) is 6.42. The number of fused-ring (bicyclic) bond motifs is 3. The first-order valence-corrected chi connectivity index (χ1v) is 10.4. The van der Waals surface area contributed by atoms with Gasteiger partial charge in [-0.25, -0.2) is 4.39 Å². The van der Waals surface area contributed by atoms with Gasteiger partial charge in [0.25, 0.3) is 0 Å². The van der Waals surface area contributed by atoms with Crippen LogP contribution in [0.5, 0.6) is 0 Å². The minimum absolute atomic E-state index is 0.249. The Morgan fingerprint density at radius 3 is 1.66 bits per heavy atom. The fraction of sp³-hybridized carbons (Fsp3) is 0.0400. The SMILES string of the molecule is Nc1ccc(C2(c3ccc(N)cc3)c3cc(F)ccc3-c3ccc(I)cc32)cc1. The number of hydrogen-bond acceptors (Lipinski definition) is 2. The molecule has 0 atom stereocenters. The lowest BCUT2D eigenvalue weighted by Gasteiger charge is -2.34. The average Bonchev–Trinajstić information content (AvgIpc) is 2.99. The molecule has 0 amide bonds. The van der Waals surface area contributed by atoms with Gasteiger partial charge < -0.3 is 11.5 Å². The zero-order chi connectivity index (χ0) is 20.2. The largest absolute Gasteiger partial charge is 0.399 e. The maximum atomic E-state index is 14.5. The van der Waals surface area contributed by atoms with Crippen molar-refractivity contribution in [2.24, 2.45) is 0 Å². The number of nitrogen functional groups attached to an aromatic ring is 2. The van der Waals surface area contributed by atoms with Crippen molar-refractivity contribution in [3.05, 3.63) is 117 Å². The normalized spacial score (nSPS) is 13.7. The van der Waals surface area contributed by atoms with Gasteiger partial charge in [-0.15, -0.1) is 0 Å². The summed E-state index contributed by atoms with van der Waals surface area (Å²) in [4.78, 5) is 0. The second kappa shape index (κ2) is 6.59. The Bertz CT molecular complexity index is 1130. The molecule has 2 nitrogen and oxygen atoms in total. The van der Waals surface area contributed by atoms with Crippen molar-refractivity contribution in [1.82, 2.24) is 0 Å². The number of benzene rings is 4. The van der Waals surface area contributed by atoms with E-state index in [-0.39, 0.29) is 5.82 Å². The minimum atomic E-state index is -0.644. The number of hydrogen-bond donors (Lipinski definition) is 2. The monoisotopic (exact) mass is 492 g/mol. The summed E-state index contributed by atoms with van der Waals surface area (Å²) in [6, 6.07) is 27.2. The molecule has 4 heteroatoms. The van der Waals surface area contributed by atoms with Crippen LogP contribution in [0.25, 0.3) is 11.1 Å². The molecule has 0 spiro atoms.